The van der Waals surface area contributed by atoms with Gasteiger partial charge in [-0.15, -0.1) is 0 Å². The third-order valence-electron chi connectivity index (χ3n) is 5.41. The van der Waals surface area contributed by atoms with Gasteiger partial charge in [-0.05, 0) is 62.9 Å². The molecule has 0 atom stereocenters. The second kappa shape index (κ2) is 11.6. The molecule has 4 rings (SSSR count). The number of amides is 1. The second-order valence-electron chi connectivity index (χ2n) is 9.49. The third-order valence-corrected chi connectivity index (χ3v) is 6.25. The highest BCUT2D eigenvalue weighted by molar-refractivity contribution is 8.00. The van der Waals surface area contributed by atoms with Crippen LogP contribution in [0.3, 0.4) is 0 Å². The quantitative estimate of drug-likeness (QED) is 0.260. The highest BCUT2D eigenvalue weighted by Gasteiger charge is 2.18. The highest BCUT2D eigenvalue weighted by atomic mass is 32.2. The number of pyridine rings is 1. The van der Waals surface area contributed by atoms with Crippen molar-refractivity contribution in [2.24, 2.45) is 0 Å². The zero-order valence-electron chi connectivity index (χ0n) is 22.3. The number of nitrogens with zero attached hydrogens (tertiary/aromatic N) is 4. The largest absolute Gasteiger partial charge is 0.496 e. The molecule has 0 saturated carbocycles. The molecule has 3 heterocycles. The van der Waals surface area contributed by atoms with Gasteiger partial charge < -0.3 is 28.8 Å². The van der Waals surface area contributed by atoms with Crippen molar-refractivity contribution in [3.63, 3.8) is 0 Å². The minimum absolute atomic E-state index is 0.314. The van der Waals surface area contributed by atoms with Gasteiger partial charge in [0, 0.05) is 24.0 Å². The second-order valence-corrected chi connectivity index (χ2v) is 10.3. The standard InChI is InChI=1S/C26H32N6O5S/c1-7-18-10-22(21(35-6)13-27-18)38-31-24-23-19(34-5)8-16(9-20(23)37-30-24)14-32-15-17(12-29-32)11-28-25(33)36-26(2,3)4/h8-10,12-13,15H,7,11,14H2,1-6H3,(H,28,33)(H,30,31). The van der Waals surface area contributed by atoms with Gasteiger partial charge in [-0.25, -0.2) is 4.79 Å². The Morgan fingerprint density at radius 2 is 1.89 bits per heavy atom. The van der Waals surface area contributed by atoms with Crippen LogP contribution in [0.2, 0.25) is 0 Å². The van der Waals surface area contributed by atoms with Gasteiger partial charge in [-0.3, -0.25) is 9.67 Å². The van der Waals surface area contributed by atoms with E-state index >= 15 is 0 Å². The van der Waals surface area contributed by atoms with Crippen LogP contribution in [0, 0.1) is 0 Å². The normalized spacial score (nSPS) is 11.4. The Hall–Kier alpha value is -3.93. The fraction of sp³-hybridized carbons (Fsp3) is 0.385. The van der Waals surface area contributed by atoms with Crippen LogP contribution in [0.1, 0.15) is 44.5 Å². The summed E-state index contributed by atoms with van der Waals surface area (Å²) in [5.74, 6) is 1.83. The number of alkyl carbamates (subject to hydrolysis) is 1. The zero-order chi connectivity index (χ0) is 27.3. The number of aromatic nitrogens is 4. The van der Waals surface area contributed by atoms with Gasteiger partial charge in [0.1, 0.15) is 16.7 Å². The molecule has 4 aromatic rings. The Morgan fingerprint density at radius 3 is 2.61 bits per heavy atom. The molecule has 0 aliphatic rings. The molecule has 0 saturated heterocycles. The van der Waals surface area contributed by atoms with Crippen molar-refractivity contribution < 1.29 is 23.5 Å². The predicted molar refractivity (Wildman–Crippen MR) is 145 cm³/mol. The van der Waals surface area contributed by atoms with Gasteiger partial charge in [0.2, 0.25) is 0 Å². The van der Waals surface area contributed by atoms with Crippen molar-refractivity contribution >= 4 is 34.8 Å². The van der Waals surface area contributed by atoms with Gasteiger partial charge in [-0.2, -0.15) is 5.10 Å². The van der Waals surface area contributed by atoms with Gasteiger partial charge in [0.05, 0.1) is 38.1 Å². The molecule has 1 amide bonds. The summed E-state index contributed by atoms with van der Waals surface area (Å²) in [6, 6.07) is 5.82. The molecule has 202 valence electrons. The van der Waals surface area contributed by atoms with Crippen LogP contribution in [0.4, 0.5) is 10.6 Å². The zero-order valence-corrected chi connectivity index (χ0v) is 23.1. The van der Waals surface area contributed by atoms with Crippen LogP contribution in [0.15, 0.2) is 46.2 Å². The summed E-state index contributed by atoms with van der Waals surface area (Å²) in [6.07, 6.45) is 5.63. The Bertz CT molecular complexity index is 1410. The topological polar surface area (TPSA) is 126 Å². The predicted octanol–water partition coefficient (Wildman–Crippen LogP) is 5.19. The first kappa shape index (κ1) is 27.1. The van der Waals surface area contributed by atoms with E-state index in [4.69, 9.17) is 18.7 Å². The molecule has 0 radical (unpaired) electrons. The smallest absolute Gasteiger partial charge is 0.407 e. The van der Waals surface area contributed by atoms with Gasteiger partial charge in [0.25, 0.3) is 0 Å². The Balaban J connectivity index is 1.46. The van der Waals surface area contributed by atoms with E-state index in [2.05, 4.69) is 32.2 Å². The molecule has 3 aromatic heterocycles. The minimum atomic E-state index is -0.550. The lowest BCUT2D eigenvalue weighted by Gasteiger charge is -2.19. The van der Waals surface area contributed by atoms with E-state index in [9.17, 15) is 4.79 Å². The molecule has 0 unspecified atom stereocenters. The van der Waals surface area contributed by atoms with Crippen LogP contribution in [-0.2, 0) is 24.2 Å². The van der Waals surface area contributed by atoms with E-state index in [1.807, 2.05) is 45.2 Å². The lowest BCUT2D eigenvalue weighted by molar-refractivity contribution is 0.0523. The number of methoxy groups -OCH3 is 2. The van der Waals surface area contributed by atoms with Gasteiger partial charge in [-0.1, -0.05) is 12.1 Å². The molecule has 0 aliphatic carbocycles. The summed E-state index contributed by atoms with van der Waals surface area (Å²) in [7, 11) is 3.22. The summed E-state index contributed by atoms with van der Waals surface area (Å²) in [5.41, 5.74) is 2.76. The molecule has 1 aromatic carbocycles. The monoisotopic (exact) mass is 540 g/mol. The van der Waals surface area contributed by atoms with Crippen molar-refractivity contribution in [1.29, 1.82) is 0 Å². The van der Waals surface area contributed by atoms with Crippen LogP contribution < -0.4 is 19.5 Å². The molecule has 0 spiro atoms. The van der Waals surface area contributed by atoms with Crippen molar-refractivity contribution in [1.82, 2.24) is 25.2 Å². The van der Waals surface area contributed by atoms with Crippen LogP contribution in [-0.4, -0.2) is 45.8 Å². The summed E-state index contributed by atoms with van der Waals surface area (Å²) in [6.45, 7) is 8.31. The van der Waals surface area contributed by atoms with Gasteiger partial charge >= 0.3 is 6.09 Å². The lowest BCUT2D eigenvalue weighted by Crippen LogP contribution is -2.32. The van der Waals surface area contributed by atoms with Crippen LogP contribution in [0.25, 0.3) is 11.0 Å². The fourth-order valence-electron chi connectivity index (χ4n) is 3.67. The minimum Gasteiger partial charge on any atom is -0.496 e. The number of carbonyl (C=O) groups excluding carboxylic acids is 1. The molecule has 38 heavy (non-hydrogen) atoms. The number of rotatable bonds is 10. The van der Waals surface area contributed by atoms with Crippen LogP contribution >= 0.6 is 11.9 Å². The number of fused-ring (bicyclic) bond motifs is 1. The van der Waals surface area contributed by atoms with Crippen LogP contribution in [0.5, 0.6) is 11.5 Å². The van der Waals surface area contributed by atoms with E-state index in [-0.39, 0.29) is 0 Å². The molecule has 11 nitrogen and oxygen atoms in total. The number of carbonyl (C=O) groups is 1. The molecular formula is C26H32N6O5S. The van der Waals surface area contributed by atoms with E-state index in [1.54, 1.807) is 31.3 Å². The number of aryl methyl sites for hydroxylation is 1. The molecular weight excluding hydrogens is 508 g/mol. The maximum absolute atomic E-state index is 11.9. The molecule has 0 bridgehead atoms. The Morgan fingerprint density at radius 1 is 1.11 bits per heavy atom. The van der Waals surface area contributed by atoms with Crippen molar-refractivity contribution in [3.05, 3.63) is 53.6 Å². The number of anilines is 1. The molecule has 0 aliphatic heterocycles. The molecule has 2 N–H and O–H groups in total. The lowest BCUT2D eigenvalue weighted by atomic mass is 10.1. The third kappa shape index (κ3) is 6.68. The Kier molecular flexibility index (Phi) is 8.30. The number of hydrogen-bond donors (Lipinski definition) is 2. The van der Waals surface area contributed by atoms with Crippen molar-refractivity contribution in [2.45, 2.75) is 57.7 Å². The first-order valence-electron chi connectivity index (χ1n) is 12.1. The molecule has 12 heteroatoms. The maximum atomic E-state index is 11.9. The fourth-order valence-corrected chi connectivity index (χ4v) is 4.44. The number of ether oxygens (including phenoxy) is 3. The number of benzene rings is 1. The highest BCUT2D eigenvalue weighted by Crippen LogP contribution is 2.37. The van der Waals surface area contributed by atoms with E-state index in [0.29, 0.717) is 36.0 Å². The van der Waals surface area contributed by atoms with Crippen molar-refractivity contribution in [2.75, 3.05) is 18.9 Å². The first-order valence-corrected chi connectivity index (χ1v) is 12.9. The van der Waals surface area contributed by atoms with Crippen molar-refractivity contribution in [3.8, 4) is 11.5 Å². The maximum Gasteiger partial charge on any atom is 0.407 e. The molecule has 0 fully saturated rings. The summed E-state index contributed by atoms with van der Waals surface area (Å²) in [5, 5.41) is 12.1. The van der Waals surface area contributed by atoms with E-state index in [0.717, 1.165) is 33.5 Å². The number of hydrogen-bond acceptors (Lipinski definition) is 10. The summed E-state index contributed by atoms with van der Waals surface area (Å²) < 4.78 is 27.0. The SMILES string of the molecule is CCc1cc(SNc2noc3cc(Cn4cc(CNC(=O)OC(C)(C)C)cn4)cc(OC)c23)c(OC)cn1. The van der Waals surface area contributed by atoms with E-state index < -0.39 is 11.7 Å². The first-order chi connectivity index (χ1) is 18.2. The van der Waals surface area contributed by atoms with E-state index in [1.165, 1.54) is 11.9 Å². The van der Waals surface area contributed by atoms with Gasteiger partial charge in [0.15, 0.2) is 17.2 Å². The average Bonchev–Trinajstić information content (AvgIpc) is 3.51. The number of nitrogens with one attached hydrogen (secondary N) is 2. The summed E-state index contributed by atoms with van der Waals surface area (Å²) >= 11 is 1.37. The average molecular weight is 541 g/mol. The Labute approximate surface area is 225 Å². The summed E-state index contributed by atoms with van der Waals surface area (Å²) in [4.78, 5) is 17.2.